The molecule has 4 aliphatic carbocycles. The number of nitrogens with two attached hydrogens (primary N) is 1. The molecule has 4 fully saturated rings. The molecule has 1 heteroatoms. The summed E-state index contributed by atoms with van der Waals surface area (Å²) >= 11 is 0. The van der Waals surface area contributed by atoms with Crippen LogP contribution in [0.1, 0.15) is 58.8 Å². The van der Waals surface area contributed by atoms with E-state index < -0.39 is 0 Å². The van der Waals surface area contributed by atoms with Gasteiger partial charge in [-0.3, -0.25) is 0 Å². The van der Waals surface area contributed by atoms with Crippen LogP contribution in [-0.2, 0) is 0 Å². The third-order valence-electron chi connectivity index (χ3n) is 5.57. The summed E-state index contributed by atoms with van der Waals surface area (Å²) in [6.07, 6.45) is 10.7. The summed E-state index contributed by atoms with van der Waals surface area (Å²) in [5.74, 6) is 3.25. The van der Waals surface area contributed by atoms with Crippen LogP contribution in [0, 0.1) is 28.6 Å². The Balaban J connectivity index is 1.78. The quantitative estimate of drug-likeness (QED) is 0.774. The summed E-state index contributed by atoms with van der Waals surface area (Å²) in [6, 6.07) is 0. The van der Waals surface area contributed by atoms with Gasteiger partial charge in [-0.2, -0.15) is 0 Å². The van der Waals surface area contributed by atoms with Crippen LogP contribution in [0.4, 0.5) is 0 Å². The number of hydrogen-bond acceptors (Lipinski definition) is 1. The van der Waals surface area contributed by atoms with Gasteiger partial charge in [0.2, 0.25) is 0 Å². The minimum Gasteiger partial charge on any atom is -0.330 e. The molecule has 0 spiro atoms. The molecule has 1 nitrogen and oxygen atoms in total. The van der Waals surface area contributed by atoms with Crippen molar-refractivity contribution < 1.29 is 0 Å². The summed E-state index contributed by atoms with van der Waals surface area (Å²) < 4.78 is 0. The van der Waals surface area contributed by atoms with Crippen molar-refractivity contribution in [3.8, 4) is 0 Å². The van der Waals surface area contributed by atoms with E-state index >= 15 is 0 Å². The van der Waals surface area contributed by atoms with Crippen molar-refractivity contribution in [1.29, 1.82) is 0 Å². The summed E-state index contributed by atoms with van der Waals surface area (Å²) in [6.45, 7) is 5.59. The maximum atomic E-state index is 5.94. The molecule has 16 heavy (non-hydrogen) atoms. The third kappa shape index (κ3) is 1.81. The van der Waals surface area contributed by atoms with Gasteiger partial charge in [0.15, 0.2) is 0 Å². The molecular weight excluding hydrogens is 194 g/mol. The standard InChI is InChI=1S/C15H27N/c1-14(2,10-16)9-15-6-11-3-12(7-15)5-13(4-11)8-15/h11-13H,3-10,16H2,1-2H3. The summed E-state index contributed by atoms with van der Waals surface area (Å²) in [7, 11) is 0. The SMILES string of the molecule is CC(C)(CN)CC12CC3CC(CC(C3)C1)C2. The molecule has 0 heterocycles. The van der Waals surface area contributed by atoms with E-state index in [2.05, 4.69) is 13.8 Å². The highest BCUT2D eigenvalue weighted by molar-refractivity contribution is 5.02. The van der Waals surface area contributed by atoms with E-state index in [1.165, 1.54) is 25.7 Å². The van der Waals surface area contributed by atoms with Crippen molar-refractivity contribution >= 4 is 0 Å². The average molecular weight is 221 g/mol. The maximum Gasteiger partial charge on any atom is -0.00256 e. The lowest BCUT2D eigenvalue weighted by atomic mass is 9.47. The Kier molecular flexibility index (Phi) is 2.41. The zero-order valence-electron chi connectivity index (χ0n) is 11.0. The van der Waals surface area contributed by atoms with Gasteiger partial charge < -0.3 is 5.73 Å². The van der Waals surface area contributed by atoms with Crippen molar-refractivity contribution in [1.82, 2.24) is 0 Å². The molecule has 92 valence electrons. The van der Waals surface area contributed by atoms with Crippen LogP contribution >= 0.6 is 0 Å². The molecule has 0 radical (unpaired) electrons. The summed E-state index contributed by atoms with van der Waals surface area (Å²) in [4.78, 5) is 0. The molecular formula is C15H27N. The molecule has 4 rings (SSSR count). The van der Waals surface area contributed by atoms with Crippen molar-refractivity contribution in [2.75, 3.05) is 6.54 Å². The zero-order valence-corrected chi connectivity index (χ0v) is 11.0. The zero-order chi connectivity index (χ0) is 11.4. The first kappa shape index (κ1) is 11.1. The van der Waals surface area contributed by atoms with E-state index in [0.717, 1.165) is 24.3 Å². The smallest absolute Gasteiger partial charge is 0.00256 e. The van der Waals surface area contributed by atoms with Crippen LogP contribution in [0.25, 0.3) is 0 Å². The van der Waals surface area contributed by atoms with Gasteiger partial charge >= 0.3 is 0 Å². The van der Waals surface area contributed by atoms with Crippen LogP contribution < -0.4 is 5.73 Å². The molecule has 4 bridgehead atoms. The second-order valence-electron chi connectivity index (χ2n) is 7.96. The molecule has 0 aromatic carbocycles. The Bertz CT molecular complexity index is 244. The minimum atomic E-state index is 0.367. The molecule has 0 amide bonds. The van der Waals surface area contributed by atoms with Crippen LogP contribution in [0.5, 0.6) is 0 Å². The Labute approximate surface area is 100 Å². The molecule has 0 aromatic heterocycles. The first-order chi connectivity index (χ1) is 7.50. The first-order valence-corrected chi connectivity index (χ1v) is 7.20. The molecule has 2 N–H and O–H groups in total. The highest BCUT2D eigenvalue weighted by atomic mass is 14.6. The molecule has 4 aliphatic rings. The van der Waals surface area contributed by atoms with Gasteiger partial charge in [-0.25, -0.2) is 0 Å². The van der Waals surface area contributed by atoms with Gasteiger partial charge in [0.05, 0.1) is 0 Å². The lowest BCUT2D eigenvalue weighted by Gasteiger charge is -2.58. The van der Waals surface area contributed by atoms with Crippen LogP contribution in [0.3, 0.4) is 0 Å². The first-order valence-electron chi connectivity index (χ1n) is 7.20. The van der Waals surface area contributed by atoms with Crippen molar-refractivity contribution in [3.05, 3.63) is 0 Å². The lowest BCUT2D eigenvalue weighted by molar-refractivity contribution is -0.0732. The Morgan fingerprint density at radius 3 is 1.81 bits per heavy atom. The van der Waals surface area contributed by atoms with Crippen molar-refractivity contribution in [3.63, 3.8) is 0 Å². The van der Waals surface area contributed by atoms with Gasteiger partial charge in [-0.1, -0.05) is 13.8 Å². The Morgan fingerprint density at radius 1 is 1.00 bits per heavy atom. The molecule has 4 saturated carbocycles. The predicted octanol–water partition coefficient (Wildman–Crippen LogP) is 3.58. The fourth-order valence-corrected chi connectivity index (χ4v) is 5.59. The van der Waals surface area contributed by atoms with Gasteiger partial charge in [-0.15, -0.1) is 0 Å². The van der Waals surface area contributed by atoms with E-state index in [4.69, 9.17) is 5.73 Å². The number of hydrogen-bond donors (Lipinski definition) is 1. The van der Waals surface area contributed by atoms with Crippen molar-refractivity contribution in [2.24, 2.45) is 34.3 Å². The van der Waals surface area contributed by atoms with E-state index in [9.17, 15) is 0 Å². The van der Waals surface area contributed by atoms with Crippen molar-refractivity contribution in [2.45, 2.75) is 58.8 Å². The minimum absolute atomic E-state index is 0.367. The summed E-state index contributed by atoms with van der Waals surface area (Å²) in [5.41, 5.74) is 7.01. The second-order valence-corrected chi connectivity index (χ2v) is 7.96. The van der Waals surface area contributed by atoms with Gasteiger partial charge in [-0.05, 0) is 80.1 Å². The molecule has 0 saturated heterocycles. The highest BCUT2D eigenvalue weighted by Crippen LogP contribution is 2.62. The summed E-state index contributed by atoms with van der Waals surface area (Å²) in [5, 5.41) is 0. The molecule has 0 aromatic rings. The monoisotopic (exact) mass is 221 g/mol. The highest BCUT2D eigenvalue weighted by Gasteiger charge is 2.51. The molecule has 0 unspecified atom stereocenters. The van der Waals surface area contributed by atoms with E-state index in [-0.39, 0.29) is 0 Å². The van der Waals surface area contributed by atoms with Crippen LogP contribution in [-0.4, -0.2) is 6.54 Å². The number of rotatable bonds is 3. The molecule has 0 aliphatic heterocycles. The third-order valence-corrected chi connectivity index (χ3v) is 5.57. The Morgan fingerprint density at radius 2 is 1.44 bits per heavy atom. The lowest BCUT2D eigenvalue weighted by Crippen LogP contribution is -2.48. The van der Waals surface area contributed by atoms with Gasteiger partial charge in [0, 0.05) is 0 Å². The Hall–Kier alpha value is -0.0400. The van der Waals surface area contributed by atoms with E-state index in [0.29, 0.717) is 10.8 Å². The van der Waals surface area contributed by atoms with E-state index in [1.807, 2.05) is 0 Å². The fourth-order valence-electron chi connectivity index (χ4n) is 5.59. The fraction of sp³-hybridized carbons (Fsp3) is 1.00. The van der Waals surface area contributed by atoms with Gasteiger partial charge in [0.1, 0.15) is 0 Å². The molecule has 0 atom stereocenters. The van der Waals surface area contributed by atoms with Crippen LogP contribution in [0.15, 0.2) is 0 Å². The second kappa shape index (κ2) is 3.48. The topological polar surface area (TPSA) is 26.0 Å². The average Bonchev–Trinajstić information content (AvgIpc) is 2.13. The van der Waals surface area contributed by atoms with Gasteiger partial charge in [0.25, 0.3) is 0 Å². The largest absolute Gasteiger partial charge is 0.330 e. The predicted molar refractivity (Wildman–Crippen MR) is 68.1 cm³/mol. The van der Waals surface area contributed by atoms with Crippen LogP contribution in [0.2, 0.25) is 0 Å². The normalized spacial score (nSPS) is 46.3. The van der Waals surface area contributed by atoms with E-state index in [1.54, 1.807) is 19.3 Å². The maximum absolute atomic E-state index is 5.94.